The van der Waals surface area contributed by atoms with Gasteiger partial charge in [-0.15, -0.1) is 0 Å². The Morgan fingerprint density at radius 2 is 1.51 bits per heavy atom. The van der Waals surface area contributed by atoms with E-state index in [0.717, 1.165) is 30.3 Å². The molecule has 1 fully saturated rings. The smallest absolute Gasteiger partial charge is 0.338 e. The van der Waals surface area contributed by atoms with Crippen molar-refractivity contribution in [1.82, 2.24) is 14.7 Å². The van der Waals surface area contributed by atoms with Crippen LogP contribution in [0.2, 0.25) is 0 Å². The summed E-state index contributed by atoms with van der Waals surface area (Å²) in [7, 11) is 0. The van der Waals surface area contributed by atoms with Crippen molar-refractivity contribution < 1.29 is 37.3 Å². The number of fused-ring (bicyclic) bond motifs is 1. The Balaban J connectivity index is 1.37. The molecule has 0 bridgehead atoms. The molecule has 0 aromatic heterocycles. The Morgan fingerprint density at radius 1 is 0.914 bits per heavy atom. The summed E-state index contributed by atoms with van der Waals surface area (Å²) in [5, 5.41) is 11.2. The molecule has 0 spiro atoms. The van der Waals surface area contributed by atoms with E-state index in [0.29, 0.717) is 4.90 Å². The Bertz CT molecular complexity index is 1240. The largest absolute Gasteiger partial charge is 0.416 e. The molecule has 10 nitrogen and oxygen atoms in total. The lowest BCUT2D eigenvalue weighted by atomic mass is 10.1. The highest BCUT2D eigenvalue weighted by Crippen LogP contribution is 2.31. The van der Waals surface area contributed by atoms with Gasteiger partial charge in [0.2, 0.25) is 5.91 Å². The molecule has 13 heteroatoms. The number of imide groups is 1. The Hall–Kier alpha value is -4.29. The molecule has 0 atom stereocenters. The van der Waals surface area contributed by atoms with Crippen LogP contribution in [0.1, 0.15) is 36.6 Å². The van der Waals surface area contributed by atoms with Gasteiger partial charge < -0.3 is 9.80 Å². The van der Waals surface area contributed by atoms with Crippen molar-refractivity contribution in [1.29, 1.82) is 0 Å². The fourth-order valence-corrected chi connectivity index (χ4v) is 3.99. The van der Waals surface area contributed by atoms with E-state index in [1.807, 2.05) is 0 Å². The van der Waals surface area contributed by atoms with E-state index in [1.54, 1.807) is 0 Å². The molecule has 0 saturated carbocycles. The fraction of sp³-hybridized carbons (Fsp3) is 0.273. The molecule has 0 N–H and O–H groups in total. The third-order valence-corrected chi connectivity index (χ3v) is 5.85. The van der Waals surface area contributed by atoms with E-state index in [4.69, 9.17) is 0 Å². The molecule has 0 radical (unpaired) electrons. The number of benzene rings is 2. The van der Waals surface area contributed by atoms with Crippen LogP contribution in [0.25, 0.3) is 0 Å². The Kier molecular flexibility index (Phi) is 6.01. The number of carbonyl (C=O) groups is 4. The summed E-state index contributed by atoms with van der Waals surface area (Å²) >= 11 is 0. The third-order valence-electron chi connectivity index (χ3n) is 5.85. The first-order valence-corrected chi connectivity index (χ1v) is 10.4. The van der Waals surface area contributed by atoms with E-state index >= 15 is 0 Å². The number of rotatable bonds is 4. The molecular formula is C22H17F3N4O6. The molecule has 4 rings (SSSR count). The summed E-state index contributed by atoms with van der Waals surface area (Å²) in [5.74, 6) is -2.80. The number of amides is 4. The molecule has 2 aromatic carbocycles. The molecule has 2 aliphatic rings. The van der Waals surface area contributed by atoms with Crippen molar-refractivity contribution in [3.63, 3.8) is 0 Å². The van der Waals surface area contributed by atoms with Crippen molar-refractivity contribution in [2.75, 3.05) is 32.7 Å². The van der Waals surface area contributed by atoms with Gasteiger partial charge in [-0.3, -0.25) is 34.2 Å². The molecule has 2 aromatic rings. The maximum atomic E-state index is 12.7. The second-order valence-electron chi connectivity index (χ2n) is 7.90. The summed E-state index contributed by atoms with van der Waals surface area (Å²) in [4.78, 5) is 64.4. The lowest BCUT2D eigenvalue weighted by Gasteiger charge is -2.35. The van der Waals surface area contributed by atoms with Gasteiger partial charge in [-0.2, -0.15) is 13.2 Å². The molecule has 2 heterocycles. The minimum atomic E-state index is -4.52. The summed E-state index contributed by atoms with van der Waals surface area (Å²) in [5.41, 5.74) is -1.83. The van der Waals surface area contributed by atoms with Crippen molar-refractivity contribution >= 4 is 29.3 Å². The maximum absolute atomic E-state index is 12.7. The topological polar surface area (TPSA) is 121 Å². The number of carbonyl (C=O) groups excluding carboxylic acids is 4. The minimum Gasteiger partial charge on any atom is -0.338 e. The average Bonchev–Trinajstić information content (AvgIpc) is 3.08. The summed E-state index contributed by atoms with van der Waals surface area (Å²) in [6, 6.07) is 7.47. The second-order valence-corrected chi connectivity index (χ2v) is 7.90. The number of nitro benzene ring substituents is 1. The number of piperazine rings is 1. The Morgan fingerprint density at radius 3 is 2.09 bits per heavy atom. The zero-order valence-corrected chi connectivity index (χ0v) is 17.9. The van der Waals surface area contributed by atoms with E-state index in [-0.39, 0.29) is 42.9 Å². The molecule has 182 valence electrons. The van der Waals surface area contributed by atoms with Gasteiger partial charge in [0.25, 0.3) is 23.4 Å². The van der Waals surface area contributed by atoms with Gasteiger partial charge in [-0.25, -0.2) is 0 Å². The first-order chi connectivity index (χ1) is 16.5. The van der Waals surface area contributed by atoms with Crippen molar-refractivity contribution in [2.24, 2.45) is 0 Å². The normalized spacial score (nSPS) is 15.9. The predicted molar refractivity (Wildman–Crippen MR) is 112 cm³/mol. The SMILES string of the molecule is O=C(CN1C(=O)c2cccc([N+](=O)[O-])c2C1=O)N1CCN(C(=O)c2ccc(C(F)(F)F)cc2)CC1. The van der Waals surface area contributed by atoms with E-state index in [9.17, 15) is 42.5 Å². The van der Waals surface area contributed by atoms with Gasteiger partial charge in [0, 0.05) is 37.8 Å². The Labute approximate surface area is 195 Å². The maximum Gasteiger partial charge on any atom is 0.416 e. The number of alkyl halides is 3. The molecule has 2 aliphatic heterocycles. The number of nitrogens with zero attached hydrogens (tertiary/aromatic N) is 4. The van der Waals surface area contributed by atoms with Gasteiger partial charge >= 0.3 is 6.18 Å². The van der Waals surface area contributed by atoms with Gasteiger partial charge in [0.1, 0.15) is 12.1 Å². The summed E-state index contributed by atoms with van der Waals surface area (Å²) < 4.78 is 38.1. The molecule has 0 unspecified atom stereocenters. The standard InChI is InChI=1S/C22H17F3N4O6/c23-22(24,25)14-6-4-13(5-7-14)19(31)27-10-8-26(9-11-27)17(30)12-28-20(32)15-2-1-3-16(29(34)35)18(15)21(28)33/h1-7H,8-12H2. The van der Waals surface area contributed by atoms with Crippen LogP contribution < -0.4 is 0 Å². The molecule has 1 saturated heterocycles. The highest BCUT2D eigenvalue weighted by atomic mass is 19.4. The molecule has 0 aliphatic carbocycles. The van der Waals surface area contributed by atoms with Crippen LogP contribution in [0, 0.1) is 10.1 Å². The summed E-state index contributed by atoms with van der Waals surface area (Å²) in [6.07, 6.45) is -4.52. The highest BCUT2D eigenvalue weighted by molar-refractivity contribution is 6.24. The molecule has 35 heavy (non-hydrogen) atoms. The van der Waals surface area contributed by atoms with Crippen molar-refractivity contribution in [2.45, 2.75) is 6.18 Å². The second kappa shape index (κ2) is 8.81. The van der Waals surface area contributed by atoms with Crippen LogP contribution >= 0.6 is 0 Å². The van der Waals surface area contributed by atoms with Crippen molar-refractivity contribution in [3.05, 3.63) is 74.8 Å². The number of hydrogen-bond acceptors (Lipinski definition) is 6. The van der Waals surface area contributed by atoms with Crippen LogP contribution in [-0.4, -0.2) is 76.0 Å². The highest BCUT2D eigenvalue weighted by Gasteiger charge is 2.42. The van der Waals surface area contributed by atoms with Crippen LogP contribution in [0.15, 0.2) is 42.5 Å². The van der Waals surface area contributed by atoms with Gasteiger partial charge in [-0.1, -0.05) is 6.07 Å². The quantitative estimate of drug-likeness (QED) is 0.368. The number of halogens is 3. The van der Waals surface area contributed by atoms with E-state index < -0.39 is 52.5 Å². The number of hydrogen-bond donors (Lipinski definition) is 0. The third kappa shape index (κ3) is 4.44. The van der Waals surface area contributed by atoms with Crippen LogP contribution in [0.5, 0.6) is 0 Å². The minimum absolute atomic E-state index is 0.0744. The molecular weight excluding hydrogens is 473 g/mol. The van der Waals surface area contributed by atoms with Crippen LogP contribution in [0.4, 0.5) is 18.9 Å². The fourth-order valence-electron chi connectivity index (χ4n) is 3.99. The number of nitro groups is 1. The zero-order valence-electron chi connectivity index (χ0n) is 17.9. The lowest BCUT2D eigenvalue weighted by Crippen LogP contribution is -2.53. The molecule has 4 amide bonds. The average molecular weight is 490 g/mol. The van der Waals surface area contributed by atoms with Gasteiger partial charge in [-0.05, 0) is 30.3 Å². The van der Waals surface area contributed by atoms with Crippen molar-refractivity contribution in [3.8, 4) is 0 Å². The van der Waals surface area contributed by atoms with Gasteiger partial charge in [0.05, 0.1) is 16.1 Å². The van der Waals surface area contributed by atoms with Crippen LogP contribution in [0.3, 0.4) is 0 Å². The predicted octanol–water partition coefficient (Wildman–Crippen LogP) is 2.19. The zero-order chi connectivity index (χ0) is 25.5. The lowest BCUT2D eigenvalue weighted by molar-refractivity contribution is -0.385. The first-order valence-electron chi connectivity index (χ1n) is 10.4. The first kappa shape index (κ1) is 23.9. The van der Waals surface area contributed by atoms with Gasteiger partial charge in [0.15, 0.2) is 0 Å². The van der Waals surface area contributed by atoms with Crippen LogP contribution in [-0.2, 0) is 11.0 Å². The van der Waals surface area contributed by atoms with E-state index in [2.05, 4.69) is 0 Å². The summed E-state index contributed by atoms with van der Waals surface area (Å²) in [6.45, 7) is -0.266. The van der Waals surface area contributed by atoms with E-state index in [1.165, 1.54) is 21.9 Å². The monoisotopic (exact) mass is 490 g/mol.